The van der Waals surface area contributed by atoms with Crippen molar-refractivity contribution in [2.24, 2.45) is 0 Å². The van der Waals surface area contributed by atoms with Crippen LogP contribution in [0, 0.1) is 10.1 Å². The van der Waals surface area contributed by atoms with Gasteiger partial charge in [0.2, 0.25) is 0 Å². The molecule has 0 amide bonds. The number of aromatic carboxylic acids is 1. The van der Waals surface area contributed by atoms with E-state index in [2.05, 4.69) is 4.98 Å². The summed E-state index contributed by atoms with van der Waals surface area (Å²) in [7, 11) is 1.56. The number of rotatable bonds is 5. The van der Waals surface area contributed by atoms with E-state index in [0.717, 1.165) is 17.8 Å². The summed E-state index contributed by atoms with van der Waals surface area (Å²) in [5.74, 6) is -0.567. The number of methoxy groups -OCH3 is 1. The largest absolute Gasteiger partial charge is 0.497 e. The predicted octanol–water partition coefficient (Wildman–Crippen LogP) is 2.87. The Morgan fingerprint density at radius 2 is 2.00 bits per heavy atom. The zero-order valence-electron chi connectivity index (χ0n) is 11.6. The van der Waals surface area contributed by atoms with Crippen molar-refractivity contribution < 1.29 is 19.6 Å². The first kappa shape index (κ1) is 15.2. The summed E-state index contributed by atoms with van der Waals surface area (Å²) in [6.07, 6.45) is 4.19. The van der Waals surface area contributed by atoms with Crippen LogP contribution in [0.3, 0.4) is 0 Å². The molecule has 0 spiro atoms. The molecule has 0 saturated heterocycles. The molecule has 0 aliphatic carbocycles. The summed E-state index contributed by atoms with van der Waals surface area (Å²) in [5, 5.41) is 19.8. The third kappa shape index (κ3) is 3.45. The van der Waals surface area contributed by atoms with E-state index in [1.807, 2.05) is 0 Å². The highest BCUT2D eigenvalue weighted by molar-refractivity contribution is 5.93. The van der Waals surface area contributed by atoms with Crippen molar-refractivity contribution in [3.63, 3.8) is 0 Å². The number of nitro groups is 1. The second-order valence-electron chi connectivity index (χ2n) is 4.30. The smallest absolute Gasteiger partial charge is 0.338 e. The van der Waals surface area contributed by atoms with Crippen LogP contribution in [-0.4, -0.2) is 28.1 Å². The Kier molecular flexibility index (Phi) is 4.47. The molecule has 0 aliphatic rings. The van der Waals surface area contributed by atoms with Crippen molar-refractivity contribution in [2.45, 2.75) is 0 Å². The number of carboxylic acids is 1. The van der Waals surface area contributed by atoms with E-state index in [1.165, 1.54) is 6.08 Å². The van der Waals surface area contributed by atoms with E-state index in [0.29, 0.717) is 5.75 Å². The summed E-state index contributed by atoms with van der Waals surface area (Å²) >= 11 is 0. The standard InChI is InChI=1S/C15H12N2O5/c1-22-12-5-2-10(3-6-12)4-7-14-13(15(18)19)8-11(9-16-14)17(20)21/h2-9H,1H3,(H,18,19). The fourth-order valence-electron chi connectivity index (χ4n) is 1.76. The Labute approximate surface area is 125 Å². The first-order valence-electron chi connectivity index (χ1n) is 6.21. The first-order chi connectivity index (χ1) is 10.5. The van der Waals surface area contributed by atoms with Crippen molar-refractivity contribution in [2.75, 3.05) is 7.11 Å². The van der Waals surface area contributed by atoms with Crippen LogP contribution in [0.1, 0.15) is 21.6 Å². The Balaban J connectivity index is 2.33. The van der Waals surface area contributed by atoms with Gasteiger partial charge in [0.05, 0.1) is 23.3 Å². The topological polar surface area (TPSA) is 103 Å². The van der Waals surface area contributed by atoms with Gasteiger partial charge in [-0.1, -0.05) is 18.2 Å². The van der Waals surface area contributed by atoms with Crippen molar-refractivity contribution >= 4 is 23.8 Å². The van der Waals surface area contributed by atoms with E-state index in [9.17, 15) is 14.9 Å². The highest BCUT2D eigenvalue weighted by Gasteiger charge is 2.15. The molecule has 7 heteroatoms. The minimum Gasteiger partial charge on any atom is -0.497 e. The number of carbonyl (C=O) groups is 1. The van der Waals surface area contributed by atoms with Gasteiger partial charge in [-0.3, -0.25) is 10.1 Å². The number of hydrogen-bond acceptors (Lipinski definition) is 5. The van der Waals surface area contributed by atoms with Crippen molar-refractivity contribution in [3.05, 3.63) is 63.5 Å². The number of aromatic nitrogens is 1. The Morgan fingerprint density at radius 3 is 2.55 bits per heavy atom. The maximum Gasteiger partial charge on any atom is 0.338 e. The van der Waals surface area contributed by atoms with Crippen LogP contribution in [0.2, 0.25) is 0 Å². The zero-order valence-corrected chi connectivity index (χ0v) is 11.6. The number of nitrogens with zero attached hydrogens (tertiary/aromatic N) is 2. The van der Waals surface area contributed by atoms with Gasteiger partial charge in [0, 0.05) is 6.07 Å². The van der Waals surface area contributed by atoms with Crippen LogP contribution in [0.15, 0.2) is 36.5 Å². The van der Waals surface area contributed by atoms with Crippen LogP contribution >= 0.6 is 0 Å². The summed E-state index contributed by atoms with van der Waals surface area (Å²) < 4.78 is 5.04. The molecule has 0 aliphatic heterocycles. The highest BCUT2D eigenvalue weighted by atomic mass is 16.6. The molecule has 1 N–H and O–H groups in total. The molecule has 22 heavy (non-hydrogen) atoms. The Hall–Kier alpha value is -3.22. The second-order valence-corrected chi connectivity index (χ2v) is 4.30. The van der Waals surface area contributed by atoms with Crippen molar-refractivity contribution in [1.82, 2.24) is 4.98 Å². The lowest BCUT2D eigenvalue weighted by atomic mass is 10.1. The number of ether oxygens (including phenoxy) is 1. The summed E-state index contributed by atoms with van der Waals surface area (Å²) in [4.78, 5) is 25.0. The molecule has 1 aromatic heterocycles. The maximum absolute atomic E-state index is 11.2. The van der Waals surface area contributed by atoms with Gasteiger partial charge in [-0.05, 0) is 23.8 Å². The van der Waals surface area contributed by atoms with Crippen LogP contribution in [0.4, 0.5) is 5.69 Å². The number of hydrogen-bond donors (Lipinski definition) is 1. The quantitative estimate of drug-likeness (QED) is 0.672. The summed E-state index contributed by atoms with van der Waals surface area (Å²) in [5.41, 5.74) is 0.379. The molecule has 0 radical (unpaired) electrons. The minimum absolute atomic E-state index is 0.147. The second kappa shape index (κ2) is 6.49. The average molecular weight is 300 g/mol. The summed E-state index contributed by atoms with van der Waals surface area (Å²) in [6, 6.07) is 8.10. The van der Waals surface area contributed by atoms with Gasteiger partial charge in [-0.25, -0.2) is 9.78 Å². The molecule has 2 aromatic rings. The number of benzene rings is 1. The normalized spacial score (nSPS) is 10.6. The monoisotopic (exact) mass is 300 g/mol. The maximum atomic E-state index is 11.2. The SMILES string of the molecule is COc1ccc(C=Cc2ncc([N+](=O)[O-])cc2C(=O)O)cc1. The van der Waals surface area contributed by atoms with Gasteiger partial charge in [-0.2, -0.15) is 0 Å². The van der Waals surface area contributed by atoms with Gasteiger partial charge in [-0.15, -0.1) is 0 Å². The molecule has 2 rings (SSSR count). The number of carboxylic acid groups (broad SMARTS) is 1. The Morgan fingerprint density at radius 1 is 1.32 bits per heavy atom. The summed E-state index contributed by atoms with van der Waals surface area (Å²) in [6.45, 7) is 0. The van der Waals surface area contributed by atoms with Crippen LogP contribution < -0.4 is 4.74 Å². The van der Waals surface area contributed by atoms with Gasteiger partial charge in [0.25, 0.3) is 5.69 Å². The molecular formula is C15H12N2O5. The molecule has 112 valence electrons. The number of pyridine rings is 1. The molecule has 0 atom stereocenters. The van der Waals surface area contributed by atoms with E-state index < -0.39 is 10.9 Å². The average Bonchev–Trinajstić information content (AvgIpc) is 2.53. The van der Waals surface area contributed by atoms with Crippen LogP contribution in [0.25, 0.3) is 12.2 Å². The minimum atomic E-state index is -1.27. The lowest BCUT2D eigenvalue weighted by Crippen LogP contribution is -2.03. The van der Waals surface area contributed by atoms with E-state index >= 15 is 0 Å². The fourth-order valence-corrected chi connectivity index (χ4v) is 1.76. The van der Waals surface area contributed by atoms with Gasteiger partial charge >= 0.3 is 5.97 Å². The van der Waals surface area contributed by atoms with Crippen LogP contribution in [-0.2, 0) is 0 Å². The van der Waals surface area contributed by atoms with Crippen LogP contribution in [0.5, 0.6) is 5.75 Å². The fraction of sp³-hybridized carbons (Fsp3) is 0.0667. The van der Waals surface area contributed by atoms with Gasteiger partial charge in [0.15, 0.2) is 0 Å². The molecule has 0 bridgehead atoms. The first-order valence-corrected chi connectivity index (χ1v) is 6.21. The Bertz CT molecular complexity index is 738. The highest BCUT2D eigenvalue weighted by Crippen LogP contribution is 2.18. The molecule has 0 saturated carbocycles. The molecule has 7 nitrogen and oxygen atoms in total. The van der Waals surface area contributed by atoms with E-state index in [4.69, 9.17) is 9.84 Å². The zero-order chi connectivity index (χ0) is 16.1. The molecule has 1 heterocycles. The van der Waals surface area contributed by atoms with E-state index in [1.54, 1.807) is 37.5 Å². The predicted molar refractivity (Wildman–Crippen MR) is 79.8 cm³/mol. The van der Waals surface area contributed by atoms with Gasteiger partial charge < -0.3 is 9.84 Å². The van der Waals surface area contributed by atoms with Crippen molar-refractivity contribution in [1.29, 1.82) is 0 Å². The molecule has 1 aromatic carbocycles. The van der Waals surface area contributed by atoms with Gasteiger partial charge in [0.1, 0.15) is 11.9 Å². The van der Waals surface area contributed by atoms with Crippen molar-refractivity contribution in [3.8, 4) is 5.75 Å². The molecule has 0 unspecified atom stereocenters. The molecule has 0 fully saturated rings. The molecular weight excluding hydrogens is 288 g/mol. The third-order valence-corrected chi connectivity index (χ3v) is 2.89. The lowest BCUT2D eigenvalue weighted by molar-refractivity contribution is -0.385. The lowest BCUT2D eigenvalue weighted by Gasteiger charge is -2.01. The van der Waals surface area contributed by atoms with E-state index in [-0.39, 0.29) is 16.9 Å². The third-order valence-electron chi connectivity index (χ3n) is 2.89.